The van der Waals surface area contributed by atoms with Crippen molar-refractivity contribution in [3.05, 3.63) is 108 Å². The maximum Gasteiger partial charge on any atom is 0.355 e. The molecule has 6 rings (SSSR count). The van der Waals surface area contributed by atoms with Gasteiger partial charge in [-0.2, -0.15) is 9.97 Å². The van der Waals surface area contributed by atoms with Crippen LogP contribution < -0.4 is 26.5 Å². The van der Waals surface area contributed by atoms with Gasteiger partial charge in [0.2, 0.25) is 0 Å². The van der Waals surface area contributed by atoms with E-state index in [0.717, 1.165) is 10.8 Å². The third kappa shape index (κ3) is 5.43. The smallest absolute Gasteiger partial charge is 0.355 e. The molecule has 0 atom stereocenters. The average Bonchev–Trinajstić information content (AvgIpc) is 3.36. The molecule has 0 unspecified atom stereocenters. The average molecular weight is 661 g/mol. The van der Waals surface area contributed by atoms with Gasteiger partial charge in [-0.1, -0.05) is 29.3 Å². The monoisotopic (exact) mass is 659 g/mol. The topological polar surface area (TPSA) is 105 Å². The molecule has 0 fully saturated rings. The van der Waals surface area contributed by atoms with Crippen molar-refractivity contribution < 1.29 is 4.79 Å². The minimum absolute atomic E-state index is 0.373. The van der Waals surface area contributed by atoms with Gasteiger partial charge in [-0.15, -0.1) is 11.3 Å². The highest BCUT2D eigenvalue weighted by atomic mass is 35.5. The predicted octanol–water partition coefficient (Wildman–Crippen LogP) is 6.15. The Morgan fingerprint density at radius 1 is 0.800 bits per heavy atom. The lowest BCUT2D eigenvalue weighted by molar-refractivity contribution is 0.102. The quantitative estimate of drug-likeness (QED) is 0.229. The summed E-state index contributed by atoms with van der Waals surface area (Å²) < 4.78 is 2.95. The van der Waals surface area contributed by atoms with E-state index in [-0.39, 0.29) is 5.91 Å². The van der Waals surface area contributed by atoms with Crippen LogP contribution in [0, 0.1) is 6.92 Å². The van der Waals surface area contributed by atoms with Crippen LogP contribution in [0.2, 0.25) is 10.0 Å². The molecule has 1 N–H and O–H groups in total. The Labute approximate surface area is 271 Å². The molecular weight excluding hydrogens is 633 g/mol. The van der Waals surface area contributed by atoms with Gasteiger partial charge in [0.25, 0.3) is 5.91 Å². The summed E-state index contributed by atoms with van der Waals surface area (Å²) in [5.41, 5.74) is 2.18. The first kappa shape index (κ1) is 30.3. The number of thiophene rings is 1. The third-order valence-electron chi connectivity index (χ3n) is 7.34. The lowest BCUT2D eigenvalue weighted by atomic mass is 10.1. The van der Waals surface area contributed by atoms with E-state index in [9.17, 15) is 14.4 Å². The lowest BCUT2D eigenvalue weighted by Crippen LogP contribution is -2.26. The first-order chi connectivity index (χ1) is 21.4. The predicted molar refractivity (Wildman–Crippen MR) is 184 cm³/mol. The van der Waals surface area contributed by atoms with Gasteiger partial charge >= 0.3 is 11.4 Å². The van der Waals surface area contributed by atoms with E-state index in [1.54, 1.807) is 70.6 Å². The highest BCUT2D eigenvalue weighted by molar-refractivity contribution is 7.13. The zero-order chi connectivity index (χ0) is 32.2. The normalized spacial score (nSPS) is 11.3. The molecule has 0 saturated heterocycles. The van der Waals surface area contributed by atoms with Crippen LogP contribution in [-0.4, -0.2) is 53.2 Å². The molecule has 0 aliphatic heterocycles. The van der Waals surface area contributed by atoms with Crippen molar-refractivity contribution in [2.45, 2.75) is 6.92 Å². The Kier molecular flexibility index (Phi) is 7.86. The third-order valence-corrected chi connectivity index (χ3v) is 8.87. The molecule has 0 bridgehead atoms. The number of fused-ring (bicyclic) bond motifs is 2. The SMILES string of the molecule is Cc1c(C(=O)Nc2cccc(-n3c(=O)nc(N(C)C)c4ccc(Cl)cc43)c2)csc1-n1c(=O)nc(N(C)C)c2ccc(Cl)cc21. The summed E-state index contributed by atoms with van der Waals surface area (Å²) in [6.07, 6.45) is 0. The number of anilines is 3. The second-order valence-electron chi connectivity index (χ2n) is 10.8. The van der Waals surface area contributed by atoms with E-state index in [0.29, 0.717) is 60.2 Å². The van der Waals surface area contributed by atoms with E-state index in [2.05, 4.69) is 15.3 Å². The molecule has 228 valence electrons. The van der Waals surface area contributed by atoms with Crippen molar-refractivity contribution in [3.8, 4) is 10.7 Å². The molecule has 10 nitrogen and oxygen atoms in total. The van der Waals surface area contributed by atoms with Crippen LogP contribution in [0.15, 0.2) is 75.6 Å². The van der Waals surface area contributed by atoms with Gasteiger partial charge in [0.05, 0.1) is 22.3 Å². The maximum absolute atomic E-state index is 13.6. The number of carbonyl (C=O) groups excluding carboxylic acids is 1. The van der Waals surface area contributed by atoms with Crippen molar-refractivity contribution in [1.29, 1.82) is 0 Å². The van der Waals surface area contributed by atoms with Crippen molar-refractivity contribution in [2.75, 3.05) is 43.3 Å². The minimum Gasteiger partial charge on any atom is -0.362 e. The second kappa shape index (κ2) is 11.7. The summed E-state index contributed by atoms with van der Waals surface area (Å²) in [5.74, 6) is 0.675. The Bertz CT molecular complexity index is 2270. The van der Waals surface area contributed by atoms with E-state index in [4.69, 9.17) is 23.2 Å². The molecule has 0 saturated carbocycles. The highest BCUT2D eigenvalue weighted by Gasteiger charge is 2.21. The van der Waals surface area contributed by atoms with E-state index >= 15 is 0 Å². The van der Waals surface area contributed by atoms with Crippen molar-refractivity contribution in [3.63, 3.8) is 0 Å². The van der Waals surface area contributed by atoms with Crippen molar-refractivity contribution in [1.82, 2.24) is 19.1 Å². The fourth-order valence-electron chi connectivity index (χ4n) is 5.27. The molecule has 3 aromatic heterocycles. The van der Waals surface area contributed by atoms with Gasteiger partial charge < -0.3 is 15.1 Å². The molecule has 45 heavy (non-hydrogen) atoms. The number of aromatic nitrogens is 4. The van der Waals surface area contributed by atoms with E-state index < -0.39 is 11.4 Å². The number of amides is 1. The van der Waals surface area contributed by atoms with Gasteiger partial charge in [0.15, 0.2) is 0 Å². The van der Waals surface area contributed by atoms with E-state index in [1.165, 1.54) is 20.5 Å². The summed E-state index contributed by atoms with van der Waals surface area (Å²) in [4.78, 5) is 52.3. The number of halogens is 2. The highest BCUT2D eigenvalue weighted by Crippen LogP contribution is 2.32. The zero-order valence-corrected chi connectivity index (χ0v) is 27.3. The molecule has 13 heteroatoms. The number of rotatable bonds is 6. The van der Waals surface area contributed by atoms with Crippen molar-refractivity contribution in [2.24, 2.45) is 0 Å². The summed E-state index contributed by atoms with van der Waals surface area (Å²) in [6.45, 7) is 1.78. The molecule has 6 aromatic rings. The Morgan fingerprint density at radius 2 is 1.36 bits per heavy atom. The van der Waals surface area contributed by atoms with Crippen LogP contribution in [0.4, 0.5) is 17.3 Å². The fraction of sp³-hybridized carbons (Fsp3) is 0.156. The molecule has 0 aliphatic rings. The number of carbonyl (C=O) groups is 1. The van der Waals surface area contributed by atoms with Crippen LogP contribution >= 0.6 is 34.5 Å². The summed E-state index contributed by atoms with van der Waals surface area (Å²) >= 11 is 13.9. The summed E-state index contributed by atoms with van der Waals surface area (Å²) in [6, 6.07) is 17.5. The second-order valence-corrected chi connectivity index (χ2v) is 12.5. The van der Waals surface area contributed by atoms with Crippen molar-refractivity contribution >= 4 is 79.6 Å². The molecular formula is C32H27Cl2N7O3S. The minimum atomic E-state index is -0.484. The fourth-order valence-corrected chi connectivity index (χ4v) is 6.68. The number of nitrogens with one attached hydrogen (secondary N) is 1. The largest absolute Gasteiger partial charge is 0.362 e. The molecule has 3 aromatic carbocycles. The summed E-state index contributed by atoms with van der Waals surface area (Å²) in [5, 5.41) is 7.64. The van der Waals surface area contributed by atoms with Crippen LogP contribution in [0.1, 0.15) is 15.9 Å². The molecule has 3 heterocycles. The van der Waals surface area contributed by atoms with Gasteiger partial charge in [-0.3, -0.25) is 13.9 Å². The standard InChI is InChI=1S/C32H27Cl2N7O3S/c1-17-24(16-45-30(17)41-26-14-19(34)10-12-23(26)28(39(4)5)37-32(41)44)29(42)35-20-7-6-8-21(15-20)40-25-13-18(33)9-11-22(25)27(38(2)3)36-31(40)43/h6-16H,1-5H3,(H,35,42). The molecule has 0 radical (unpaired) electrons. The van der Waals surface area contributed by atoms with Gasteiger partial charge in [0, 0.05) is 60.1 Å². The Balaban J connectivity index is 1.38. The van der Waals surface area contributed by atoms with Crippen LogP contribution in [0.25, 0.3) is 32.5 Å². The number of nitrogens with zero attached hydrogens (tertiary/aromatic N) is 6. The summed E-state index contributed by atoms with van der Waals surface area (Å²) in [7, 11) is 7.27. The maximum atomic E-state index is 13.6. The number of hydrogen-bond acceptors (Lipinski definition) is 8. The van der Waals surface area contributed by atoms with Crippen LogP contribution in [-0.2, 0) is 0 Å². The molecule has 0 aliphatic carbocycles. The molecule has 1 amide bonds. The van der Waals surface area contributed by atoms with Gasteiger partial charge in [-0.05, 0) is 67.1 Å². The molecule has 0 spiro atoms. The van der Waals surface area contributed by atoms with Gasteiger partial charge in [-0.25, -0.2) is 9.59 Å². The number of hydrogen-bond donors (Lipinski definition) is 1. The van der Waals surface area contributed by atoms with Crippen LogP contribution in [0.3, 0.4) is 0 Å². The Hall–Kier alpha value is -4.71. The van der Waals surface area contributed by atoms with Gasteiger partial charge in [0.1, 0.15) is 16.6 Å². The van der Waals surface area contributed by atoms with Crippen LogP contribution in [0.5, 0.6) is 0 Å². The lowest BCUT2D eigenvalue weighted by Gasteiger charge is -2.18. The number of benzene rings is 3. The first-order valence-electron chi connectivity index (χ1n) is 13.7. The van der Waals surface area contributed by atoms with E-state index in [1.807, 2.05) is 40.3 Å². The Morgan fingerprint density at radius 3 is 1.93 bits per heavy atom. The zero-order valence-electron chi connectivity index (χ0n) is 24.9. The first-order valence-corrected chi connectivity index (χ1v) is 15.4.